The molecule has 0 aliphatic heterocycles. The van der Waals surface area contributed by atoms with Crippen LogP contribution in [0.4, 0.5) is 0 Å². The van der Waals surface area contributed by atoms with E-state index in [1.807, 2.05) is 0 Å². The van der Waals surface area contributed by atoms with Crippen LogP contribution >= 0.6 is 35.4 Å². The zero-order chi connectivity index (χ0) is 19.1. The Bertz CT molecular complexity index is 808. The van der Waals surface area contributed by atoms with Crippen LogP contribution in [0, 0.1) is 0 Å². The predicted molar refractivity (Wildman–Crippen MR) is 105 cm³/mol. The molecule has 26 heavy (non-hydrogen) atoms. The van der Waals surface area contributed by atoms with Crippen molar-refractivity contribution in [1.82, 2.24) is 16.2 Å². The third-order valence-electron chi connectivity index (χ3n) is 3.19. The average Bonchev–Trinajstić information content (AvgIpc) is 2.60. The molecular weight excluding hydrogens is 397 g/mol. The molecule has 0 unspecified atom stereocenters. The molecule has 0 aliphatic rings. The van der Waals surface area contributed by atoms with Crippen molar-refractivity contribution < 1.29 is 14.3 Å². The third kappa shape index (κ3) is 6.18. The standard InChI is InChI=1S/C17H15Cl2N3O3S/c1-25-14-4-2-10(3-5-14)6-15(23)21-22-17(26)20-16(24)11-7-12(18)9-13(19)8-11/h2-5,7-9H,6H2,1H3,(H,21,23)(H2,20,22,24,26). The molecule has 2 aromatic carbocycles. The van der Waals surface area contributed by atoms with Gasteiger partial charge in [0, 0.05) is 15.6 Å². The van der Waals surface area contributed by atoms with E-state index in [1.54, 1.807) is 31.4 Å². The van der Waals surface area contributed by atoms with E-state index in [-0.39, 0.29) is 23.0 Å². The molecule has 2 amide bonds. The highest BCUT2D eigenvalue weighted by atomic mass is 35.5. The maximum atomic E-state index is 12.1. The lowest BCUT2D eigenvalue weighted by Crippen LogP contribution is -2.48. The van der Waals surface area contributed by atoms with Gasteiger partial charge in [-0.2, -0.15) is 0 Å². The quantitative estimate of drug-likeness (QED) is 0.532. The highest BCUT2D eigenvalue weighted by Gasteiger charge is 2.10. The summed E-state index contributed by atoms with van der Waals surface area (Å²) in [7, 11) is 1.57. The van der Waals surface area contributed by atoms with Gasteiger partial charge in [0.05, 0.1) is 13.5 Å². The van der Waals surface area contributed by atoms with Crippen LogP contribution in [0.3, 0.4) is 0 Å². The minimum absolute atomic E-state index is 0.0609. The molecule has 0 spiro atoms. The minimum Gasteiger partial charge on any atom is -0.497 e. The molecule has 9 heteroatoms. The molecule has 2 aromatic rings. The summed E-state index contributed by atoms with van der Waals surface area (Å²) in [6.07, 6.45) is 0.136. The van der Waals surface area contributed by atoms with Crippen LogP contribution in [0.15, 0.2) is 42.5 Å². The van der Waals surface area contributed by atoms with Crippen LogP contribution in [0.2, 0.25) is 10.0 Å². The Morgan fingerprint density at radius 2 is 1.65 bits per heavy atom. The number of ether oxygens (including phenoxy) is 1. The average molecular weight is 412 g/mol. The lowest BCUT2D eigenvalue weighted by molar-refractivity contribution is -0.121. The summed E-state index contributed by atoms with van der Waals surface area (Å²) >= 11 is 16.7. The molecule has 0 aromatic heterocycles. The molecular formula is C17H15Cl2N3O3S. The Morgan fingerprint density at radius 1 is 1.04 bits per heavy atom. The van der Waals surface area contributed by atoms with Crippen molar-refractivity contribution in [2.24, 2.45) is 0 Å². The predicted octanol–water partition coefficient (Wildman–Crippen LogP) is 2.88. The Morgan fingerprint density at radius 3 is 2.23 bits per heavy atom. The second kappa shape index (κ2) is 9.38. The molecule has 2 rings (SSSR count). The van der Waals surface area contributed by atoms with Gasteiger partial charge in [0.15, 0.2) is 5.11 Å². The van der Waals surface area contributed by atoms with E-state index in [0.29, 0.717) is 15.8 Å². The summed E-state index contributed by atoms with van der Waals surface area (Å²) in [6.45, 7) is 0. The molecule has 3 N–H and O–H groups in total. The van der Waals surface area contributed by atoms with E-state index in [0.717, 1.165) is 5.56 Å². The molecule has 136 valence electrons. The molecule has 6 nitrogen and oxygen atoms in total. The van der Waals surface area contributed by atoms with Gasteiger partial charge >= 0.3 is 0 Å². The number of carbonyl (C=O) groups is 2. The Hall–Kier alpha value is -2.35. The summed E-state index contributed by atoms with van der Waals surface area (Å²) in [5.41, 5.74) is 5.92. The SMILES string of the molecule is COc1ccc(CC(=O)NNC(=S)NC(=O)c2cc(Cl)cc(Cl)c2)cc1. The van der Waals surface area contributed by atoms with Crippen molar-refractivity contribution in [3.63, 3.8) is 0 Å². The third-order valence-corrected chi connectivity index (χ3v) is 3.83. The van der Waals surface area contributed by atoms with Gasteiger partial charge in [0.2, 0.25) is 5.91 Å². The Kier molecular flexibility index (Phi) is 7.20. The van der Waals surface area contributed by atoms with Gasteiger partial charge in [-0.1, -0.05) is 35.3 Å². The van der Waals surface area contributed by atoms with Crippen molar-refractivity contribution in [2.75, 3.05) is 7.11 Å². The van der Waals surface area contributed by atoms with Crippen LogP contribution in [-0.2, 0) is 11.2 Å². The first kappa shape index (κ1) is 20.0. The molecule has 0 heterocycles. The van der Waals surface area contributed by atoms with E-state index < -0.39 is 5.91 Å². The summed E-state index contributed by atoms with van der Waals surface area (Å²) in [5, 5.41) is 3.01. The zero-order valence-corrected chi connectivity index (χ0v) is 16.0. The Labute approximate surface area is 165 Å². The number of carbonyl (C=O) groups excluding carboxylic acids is 2. The maximum absolute atomic E-state index is 12.1. The smallest absolute Gasteiger partial charge is 0.257 e. The van der Waals surface area contributed by atoms with Gasteiger partial charge in [0.1, 0.15) is 5.75 Å². The number of amides is 2. The van der Waals surface area contributed by atoms with Crippen molar-refractivity contribution in [2.45, 2.75) is 6.42 Å². The van der Waals surface area contributed by atoms with E-state index in [2.05, 4.69) is 16.2 Å². The van der Waals surface area contributed by atoms with Crippen LogP contribution < -0.4 is 20.9 Å². The first-order valence-corrected chi connectivity index (χ1v) is 8.53. The second-order valence-corrected chi connectivity index (χ2v) is 6.42. The maximum Gasteiger partial charge on any atom is 0.257 e. The fourth-order valence-electron chi connectivity index (χ4n) is 1.99. The number of nitrogens with one attached hydrogen (secondary N) is 3. The van der Waals surface area contributed by atoms with Crippen molar-refractivity contribution in [3.05, 3.63) is 63.6 Å². The van der Waals surface area contributed by atoms with Crippen LogP contribution in [0.25, 0.3) is 0 Å². The number of rotatable bonds is 4. The van der Waals surface area contributed by atoms with E-state index in [9.17, 15) is 9.59 Å². The highest BCUT2D eigenvalue weighted by molar-refractivity contribution is 7.80. The molecule has 0 radical (unpaired) electrons. The van der Waals surface area contributed by atoms with Gasteiger partial charge in [-0.25, -0.2) is 0 Å². The molecule has 0 atom stereocenters. The fraction of sp³-hybridized carbons (Fsp3) is 0.118. The van der Waals surface area contributed by atoms with Gasteiger partial charge in [-0.3, -0.25) is 25.8 Å². The largest absolute Gasteiger partial charge is 0.497 e. The van der Waals surface area contributed by atoms with Gasteiger partial charge in [-0.15, -0.1) is 0 Å². The van der Waals surface area contributed by atoms with Crippen molar-refractivity contribution in [3.8, 4) is 5.75 Å². The molecule has 0 aliphatic carbocycles. The first-order chi connectivity index (χ1) is 12.4. The summed E-state index contributed by atoms with van der Waals surface area (Å²) in [5.74, 6) is -0.119. The van der Waals surface area contributed by atoms with Crippen LogP contribution in [0.1, 0.15) is 15.9 Å². The minimum atomic E-state index is -0.503. The van der Waals surface area contributed by atoms with Gasteiger partial charge in [0.25, 0.3) is 5.91 Å². The molecule has 0 fully saturated rings. The van der Waals surface area contributed by atoms with Crippen LogP contribution in [0.5, 0.6) is 5.75 Å². The van der Waals surface area contributed by atoms with Gasteiger partial charge < -0.3 is 4.74 Å². The fourth-order valence-corrected chi connectivity index (χ4v) is 2.66. The topological polar surface area (TPSA) is 79.5 Å². The number of benzene rings is 2. The van der Waals surface area contributed by atoms with Crippen molar-refractivity contribution in [1.29, 1.82) is 0 Å². The first-order valence-electron chi connectivity index (χ1n) is 7.36. The summed E-state index contributed by atoms with van der Waals surface area (Å²) in [4.78, 5) is 24.0. The lowest BCUT2D eigenvalue weighted by atomic mass is 10.1. The normalized spacial score (nSPS) is 9.96. The van der Waals surface area contributed by atoms with E-state index in [1.165, 1.54) is 18.2 Å². The highest BCUT2D eigenvalue weighted by Crippen LogP contribution is 2.18. The van der Waals surface area contributed by atoms with Crippen molar-refractivity contribution >= 4 is 52.3 Å². The number of thiocarbonyl (C=S) groups is 1. The Balaban J connectivity index is 1.81. The van der Waals surface area contributed by atoms with Gasteiger partial charge in [-0.05, 0) is 48.1 Å². The number of hydrogen-bond acceptors (Lipinski definition) is 4. The molecule has 0 saturated heterocycles. The van der Waals surface area contributed by atoms with E-state index in [4.69, 9.17) is 40.2 Å². The summed E-state index contributed by atoms with van der Waals surface area (Å²) in [6, 6.07) is 11.5. The lowest BCUT2D eigenvalue weighted by Gasteiger charge is -2.11. The zero-order valence-electron chi connectivity index (χ0n) is 13.6. The summed E-state index contributed by atoms with van der Waals surface area (Å²) < 4.78 is 5.05. The number of hydrogen-bond donors (Lipinski definition) is 3. The number of halogens is 2. The molecule has 0 bridgehead atoms. The van der Waals surface area contributed by atoms with Crippen LogP contribution in [-0.4, -0.2) is 24.0 Å². The van der Waals surface area contributed by atoms with E-state index >= 15 is 0 Å². The number of hydrazine groups is 1. The monoisotopic (exact) mass is 411 g/mol. The molecule has 0 saturated carbocycles. The number of methoxy groups -OCH3 is 1. The second-order valence-electron chi connectivity index (χ2n) is 5.14.